The van der Waals surface area contributed by atoms with Gasteiger partial charge in [-0.05, 0) is 33.1 Å². The summed E-state index contributed by atoms with van der Waals surface area (Å²) in [6, 6.07) is 0.115. The lowest BCUT2D eigenvalue weighted by atomic mass is 10.2. The van der Waals surface area contributed by atoms with E-state index >= 15 is 0 Å². The normalized spacial score (nSPS) is 25.5. The van der Waals surface area contributed by atoms with Gasteiger partial charge in [0, 0.05) is 19.1 Å². The van der Waals surface area contributed by atoms with Gasteiger partial charge in [0.15, 0.2) is 0 Å². The lowest BCUT2D eigenvalue weighted by Gasteiger charge is -2.21. The lowest BCUT2D eigenvalue weighted by molar-refractivity contribution is -0.130. The molecule has 0 spiro atoms. The van der Waals surface area contributed by atoms with Crippen molar-refractivity contribution in [2.45, 2.75) is 45.3 Å². The van der Waals surface area contributed by atoms with Crippen LogP contribution in [0.3, 0.4) is 0 Å². The molecule has 0 radical (unpaired) electrons. The molecule has 2 atom stereocenters. The van der Waals surface area contributed by atoms with E-state index in [1.165, 1.54) is 0 Å². The Hall–Kier alpha value is -0.610. The van der Waals surface area contributed by atoms with Crippen LogP contribution < -0.4 is 5.32 Å². The standard InChI is InChI=1S/C11H22N2O2/c1-3-13(4-2)11(15)8-12-9-6-5-7-10(9)14/h9-10,12,14H,3-8H2,1-2H3/t9-,10-/m0/s1. The Labute approximate surface area is 91.6 Å². The van der Waals surface area contributed by atoms with Crippen molar-refractivity contribution in [3.05, 3.63) is 0 Å². The van der Waals surface area contributed by atoms with Crippen LogP contribution in [0.25, 0.3) is 0 Å². The topological polar surface area (TPSA) is 52.6 Å². The molecule has 1 fully saturated rings. The van der Waals surface area contributed by atoms with Crippen molar-refractivity contribution < 1.29 is 9.90 Å². The highest BCUT2D eigenvalue weighted by Gasteiger charge is 2.25. The van der Waals surface area contributed by atoms with E-state index in [1.807, 2.05) is 13.8 Å². The first-order valence-electron chi connectivity index (χ1n) is 5.88. The van der Waals surface area contributed by atoms with Gasteiger partial charge in [-0.15, -0.1) is 0 Å². The lowest BCUT2D eigenvalue weighted by Crippen LogP contribution is -2.44. The molecule has 0 aromatic rings. The van der Waals surface area contributed by atoms with E-state index in [-0.39, 0.29) is 18.1 Å². The Balaban J connectivity index is 2.26. The van der Waals surface area contributed by atoms with Gasteiger partial charge in [0.2, 0.25) is 5.91 Å². The second-order valence-electron chi connectivity index (χ2n) is 4.05. The maximum absolute atomic E-state index is 11.7. The van der Waals surface area contributed by atoms with Crippen LogP contribution in [0.1, 0.15) is 33.1 Å². The summed E-state index contributed by atoms with van der Waals surface area (Å²) in [6.07, 6.45) is 2.62. The molecule has 0 unspecified atom stereocenters. The number of aliphatic hydroxyl groups is 1. The molecular weight excluding hydrogens is 192 g/mol. The molecule has 1 amide bonds. The minimum absolute atomic E-state index is 0.115. The first kappa shape index (κ1) is 12.5. The largest absolute Gasteiger partial charge is 0.392 e. The number of nitrogens with zero attached hydrogens (tertiary/aromatic N) is 1. The zero-order valence-corrected chi connectivity index (χ0v) is 9.70. The van der Waals surface area contributed by atoms with E-state index in [1.54, 1.807) is 4.90 Å². The molecule has 0 heterocycles. The number of nitrogens with one attached hydrogen (secondary N) is 1. The Morgan fingerprint density at radius 2 is 2.07 bits per heavy atom. The van der Waals surface area contributed by atoms with E-state index in [4.69, 9.17) is 0 Å². The van der Waals surface area contributed by atoms with Gasteiger partial charge < -0.3 is 15.3 Å². The van der Waals surface area contributed by atoms with Crippen LogP contribution >= 0.6 is 0 Å². The van der Waals surface area contributed by atoms with E-state index in [0.717, 1.165) is 32.4 Å². The van der Waals surface area contributed by atoms with Gasteiger partial charge in [-0.2, -0.15) is 0 Å². The molecule has 0 aliphatic heterocycles. The third-order valence-electron chi connectivity index (χ3n) is 3.11. The highest BCUT2D eigenvalue weighted by Crippen LogP contribution is 2.18. The van der Waals surface area contributed by atoms with Crippen molar-refractivity contribution in [3.8, 4) is 0 Å². The molecule has 0 aromatic carbocycles. The Morgan fingerprint density at radius 3 is 2.53 bits per heavy atom. The number of likely N-dealkylation sites (N-methyl/N-ethyl adjacent to an activating group) is 1. The van der Waals surface area contributed by atoms with Crippen molar-refractivity contribution in [1.82, 2.24) is 10.2 Å². The molecular formula is C11H22N2O2. The third-order valence-corrected chi connectivity index (χ3v) is 3.11. The van der Waals surface area contributed by atoms with Gasteiger partial charge in [0.25, 0.3) is 0 Å². The molecule has 88 valence electrons. The fourth-order valence-electron chi connectivity index (χ4n) is 2.09. The van der Waals surface area contributed by atoms with Gasteiger partial charge in [0.1, 0.15) is 0 Å². The number of carbonyl (C=O) groups excluding carboxylic acids is 1. The zero-order valence-electron chi connectivity index (χ0n) is 9.70. The molecule has 1 aliphatic carbocycles. The predicted molar refractivity (Wildman–Crippen MR) is 59.6 cm³/mol. The van der Waals surface area contributed by atoms with Crippen molar-refractivity contribution in [3.63, 3.8) is 0 Å². The number of hydrogen-bond acceptors (Lipinski definition) is 3. The molecule has 15 heavy (non-hydrogen) atoms. The Kier molecular flexibility index (Phi) is 5.05. The minimum atomic E-state index is -0.269. The van der Waals surface area contributed by atoms with Gasteiger partial charge in [-0.25, -0.2) is 0 Å². The monoisotopic (exact) mass is 214 g/mol. The number of amides is 1. The number of carbonyl (C=O) groups is 1. The zero-order chi connectivity index (χ0) is 11.3. The summed E-state index contributed by atoms with van der Waals surface area (Å²) in [5.74, 6) is 0.124. The smallest absolute Gasteiger partial charge is 0.236 e. The molecule has 4 nitrogen and oxygen atoms in total. The quantitative estimate of drug-likeness (QED) is 0.694. The van der Waals surface area contributed by atoms with E-state index in [0.29, 0.717) is 6.54 Å². The van der Waals surface area contributed by atoms with Crippen LogP contribution in [-0.2, 0) is 4.79 Å². The SMILES string of the molecule is CCN(CC)C(=O)CN[C@H]1CCC[C@@H]1O. The fraction of sp³-hybridized carbons (Fsp3) is 0.909. The summed E-state index contributed by atoms with van der Waals surface area (Å²) in [5.41, 5.74) is 0. The molecule has 1 rings (SSSR count). The summed E-state index contributed by atoms with van der Waals surface area (Å²) >= 11 is 0. The van der Waals surface area contributed by atoms with Crippen molar-refractivity contribution >= 4 is 5.91 Å². The van der Waals surface area contributed by atoms with Crippen LogP contribution in [0, 0.1) is 0 Å². The summed E-state index contributed by atoms with van der Waals surface area (Å²) in [4.78, 5) is 13.5. The van der Waals surface area contributed by atoms with Crippen LogP contribution in [0.15, 0.2) is 0 Å². The van der Waals surface area contributed by atoms with Crippen LogP contribution in [0.4, 0.5) is 0 Å². The molecule has 0 aromatic heterocycles. The van der Waals surface area contributed by atoms with Gasteiger partial charge in [0.05, 0.1) is 12.6 Å². The average molecular weight is 214 g/mol. The molecule has 0 bridgehead atoms. The van der Waals surface area contributed by atoms with Crippen LogP contribution in [0.2, 0.25) is 0 Å². The Bertz CT molecular complexity index is 205. The van der Waals surface area contributed by atoms with Gasteiger partial charge >= 0.3 is 0 Å². The van der Waals surface area contributed by atoms with Gasteiger partial charge in [-0.1, -0.05) is 0 Å². The number of hydrogen-bond donors (Lipinski definition) is 2. The second-order valence-corrected chi connectivity index (χ2v) is 4.05. The van der Waals surface area contributed by atoms with Crippen molar-refractivity contribution in [2.24, 2.45) is 0 Å². The number of rotatable bonds is 5. The number of aliphatic hydroxyl groups excluding tert-OH is 1. The van der Waals surface area contributed by atoms with Crippen LogP contribution in [0.5, 0.6) is 0 Å². The molecule has 4 heteroatoms. The minimum Gasteiger partial charge on any atom is -0.392 e. The van der Waals surface area contributed by atoms with E-state index < -0.39 is 0 Å². The first-order chi connectivity index (χ1) is 7.19. The maximum atomic E-state index is 11.7. The maximum Gasteiger partial charge on any atom is 0.236 e. The average Bonchev–Trinajstić information content (AvgIpc) is 2.63. The molecule has 2 N–H and O–H groups in total. The predicted octanol–water partition coefficient (Wildman–Crippen LogP) is 0.358. The first-order valence-corrected chi connectivity index (χ1v) is 5.88. The van der Waals surface area contributed by atoms with E-state index in [9.17, 15) is 9.90 Å². The highest BCUT2D eigenvalue weighted by atomic mass is 16.3. The summed E-state index contributed by atoms with van der Waals surface area (Å²) in [5, 5.41) is 12.7. The third kappa shape index (κ3) is 3.47. The Morgan fingerprint density at radius 1 is 1.40 bits per heavy atom. The summed E-state index contributed by atoms with van der Waals surface area (Å²) < 4.78 is 0. The van der Waals surface area contributed by atoms with E-state index in [2.05, 4.69) is 5.32 Å². The molecule has 1 aliphatic rings. The second kappa shape index (κ2) is 6.08. The van der Waals surface area contributed by atoms with Crippen molar-refractivity contribution in [2.75, 3.05) is 19.6 Å². The summed E-state index contributed by atoms with van der Waals surface area (Å²) in [7, 11) is 0. The van der Waals surface area contributed by atoms with Crippen LogP contribution in [-0.4, -0.2) is 47.7 Å². The molecule has 1 saturated carbocycles. The fourth-order valence-corrected chi connectivity index (χ4v) is 2.09. The van der Waals surface area contributed by atoms with Crippen molar-refractivity contribution in [1.29, 1.82) is 0 Å². The van der Waals surface area contributed by atoms with Gasteiger partial charge in [-0.3, -0.25) is 4.79 Å². The summed E-state index contributed by atoms with van der Waals surface area (Å²) in [6.45, 7) is 5.81. The highest BCUT2D eigenvalue weighted by molar-refractivity contribution is 5.78. The molecule has 0 saturated heterocycles.